The molecule has 0 atom stereocenters. The molecular weight excluding hydrogens is 254 g/mol. The molecule has 0 aromatic heterocycles. The fourth-order valence-electron chi connectivity index (χ4n) is 1.80. The Labute approximate surface area is 116 Å². The maximum absolute atomic E-state index is 12.1. The Kier molecular flexibility index (Phi) is 4.00. The Hall–Kier alpha value is -2.82. The van der Waals surface area contributed by atoms with Gasteiger partial charge in [0.05, 0.1) is 11.3 Å². The number of nitrogens with one attached hydrogen (secondary N) is 2. The maximum atomic E-state index is 12.1. The van der Waals surface area contributed by atoms with Crippen LogP contribution in [-0.2, 0) is 0 Å². The number of para-hydroxylation sites is 1. The van der Waals surface area contributed by atoms with Gasteiger partial charge in [-0.3, -0.25) is 9.59 Å². The van der Waals surface area contributed by atoms with Crippen molar-refractivity contribution in [2.45, 2.75) is 0 Å². The third kappa shape index (κ3) is 2.95. The molecule has 0 saturated heterocycles. The van der Waals surface area contributed by atoms with Gasteiger partial charge in [-0.2, -0.15) is 0 Å². The van der Waals surface area contributed by atoms with E-state index in [1.807, 2.05) is 0 Å². The Bertz CT molecular complexity index is 653. The quantitative estimate of drug-likeness (QED) is 0.744. The van der Waals surface area contributed by atoms with Crippen LogP contribution in [0.2, 0.25) is 0 Å². The van der Waals surface area contributed by atoms with Crippen molar-refractivity contribution >= 4 is 23.2 Å². The molecule has 2 aromatic carbocycles. The summed E-state index contributed by atoms with van der Waals surface area (Å²) in [6.45, 7) is 0. The van der Waals surface area contributed by atoms with Crippen molar-refractivity contribution < 1.29 is 9.59 Å². The first-order valence-corrected chi connectivity index (χ1v) is 6.10. The fourth-order valence-corrected chi connectivity index (χ4v) is 1.80. The third-order valence-electron chi connectivity index (χ3n) is 2.80. The van der Waals surface area contributed by atoms with Crippen molar-refractivity contribution in [1.29, 1.82) is 0 Å². The summed E-state index contributed by atoms with van der Waals surface area (Å²) < 4.78 is 0. The van der Waals surface area contributed by atoms with E-state index in [0.717, 1.165) is 0 Å². The lowest BCUT2D eigenvalue weighted by Gasteiger charge is -2.10. The summed E-state index contributed by atoms with van der Waals surface area (Å²) in [6.07, 6.45) is 0. The predicted octanol–water partition coefficient (Wildman–Crippen LogP) is 1.88. The highest BCUT2D eigenvalue weighted by molar-refractivity contribution is 6.09. The summed E-state index contributed by atoms with van der Waals surface area (Å²) in [6, 6.07) is 13.5. The van der Waals surface area contributed by atoms with Crippen LogP contribution in [0.3, 0.4) is 0 Å². The third-order valence-corrected chi connectivity index (χ3v) is 2.80. The molecule has 0 unspecified atom stereocenters. The van der Waals surface area contributed by atoms with Crippen molar-refractivity contribution in [3.63, 3.8) is 0 Å². The molecule has 20 heavy (non-hydrogen) atoms. The molecule has 0 radical (unpaired) electrons. The number of anilines is 2. The van der Waals surface area contributed by atoms with Gasteiger partial charge in [-0.05, 0) is 30.3 Å². The van der Waals surface area contributed by atoms with Crippen LogP contribution in [0, 0.1) is 0 Å². The molecule has 2 amide bonds. The summed E-state index contributed by atoms with van der Waals surface area (Å²) in [5.74, 6) is -0.567. The number of carbonyl (C=O) groups is 2. The Balaban J connectivity index is 2.26. The smallest absolute Gasteiger partial charge is 0.255 e. The number of nitrogen functional groups attached to an aromatic ring is 1. The van der Waals surface area contributed by atoms with E-state index in [0.29, 0.717) is 22.5 Å². The largest absolute Gasteiger partial charge is 0.399 e. The van der Waals surface area contributed by atoms with Crippen molar-refractivity contribution in [3.05, 3.63) is 59.7 Å². The number of rotatable bonds is 3. The van der Waals surface area contributed by atoms with Gasteiger partial charge in [-0.25, -0.2) is 0 Å². The highest BCUT2D eigenvalue weighted by Gasteiger charge is 2.12. The maximum Gasteiger partial charge on any atom is 0.255 e. The second kappa shape index (κ2) is 5.88. The molecule has 0 heterocycles. The van der Waals surface area contributed by atoms with E-state index >= 15 is 0 Å². The molecule has 102 valence electrons. The van der Waals surface area contributed by atoms with Crippen LogP contribution in [0.15, 0.2) is 48.5 Å². The lowest BCUT2D eigenvalue weighted by Crippen LogP contribution is -2.21. The van der Waals surface area contributed by atoms with Gasteiger partial charge in [-0.15, -0.1) is 0 Å². The molecule has 5 heteroatoms. The Morgan fingerprint density at radius 1 is 1.00 bits per heavy atom. The molecule has 4 N–H and O–H groups in total. The summed E-state index contributed by atoms with van der Waals surface area (Å²) in [4.78, 5) is 23.9. The number of nitrogens with two attached hydrogens (primary N) is 1. The van der Waals surface area contributed by atoms with Crippen LogP contribution in [0.1, 0.15) is 20.7 Å². The van der Waals surface area contributed by atoms with E-state index < -0.39 is 0 Å². The number of carbonyl (C=O) groups excluding carboxylic acids is 2. The van der Waals surface area contributed by atoms with E-state index in [-0.39, 0.29) is 11.8 Å². The SMILES string of the molecule is CNC(=O)c1ccccc1NC(=O)c1cccc(N)c1. The zero-order valence-electron chi connectivity index (χ0n) is 11.0. The first-order chi connectivity index (χ1) is 9.61. The normalized spacial score (nSPS) is 9.85. The molecule has 0 fully saturated rings. The van der Waals surface area contributed by atoms with E-state index in [9.17, 15) is 9.59 Å². The van der Waals surface area contributed by atoms with Crippen LogP contribution < -0.4 is 16.4 Å². The molecule has 0 saturated carbocycles. The van der Waals surface area contributed by atoms with Gasteiger partial charge in [0.1, 0.15) is 0 Å². The van der Waals surface area contributed by atoms with Crippen LogP contribution in [0.5, 0.6) is 0 Å². The minimum Gasteiger partial charge on any atom is -0.399 e. The monoisotopic (exact) mass is 269 g/mol. The summed E-state index contributed by atoms with van der Waals surface area (Å²) in [5.41, 5.74) is 7.47. The molecule has 0 aliphatic carbocycles. The molecule has 0 bridgehead atoms. The van der Waals surface area contributed by atoms with Gasteiger partial charge in [0.2, 0.25) is 0 Å². The van der Waals surface area contributed by atoms with E-state index in [1.165, 1.54) is 0 Å². The first-order valence-electron chi connectivity index (χ1n) is 6.10. The summed E-state index contributed by atoms with van der Waals surface area (Å²) >= 11 is 0. The summed E-state index contributed by atoms with van der Waals surface area (Å²) in [7, 11) is 1.54. The van der Waals surface area contributed by atoms with Gasteiger partial charge < -0.3 is 16.4 Å². The molecule has 2 rings (SSSR count). The van der Waals surface area contributed by atoms with E-state index in [4.69, 9.17) is 5.73 Å². The molecule has 5 nitrogen and oxygen atoms in total. The predicted molar refractivity (Wildman–Crippen MR) is 78.6 cm³/mol. The van der Waals surface area contributed by atoms with Crippen molar-refractivity contribution in [3.8, 4) is 0 Å². The minimum absolute atomic E-state index is 0.256. The van der Waals surface area contributed by atoms with E-state index in [2.05, 4.69) is 10.6 Å². The van der Waals surface area contributed by atoms with Crippen LogP contribution in [0.4, 0.5) is 11.4 Å². The van der Waals surface area contributed by atoms with Gasteiger partial charge in [0.25, 0.3) is 11.8 Å². The Morgan fingerprint density at radius 3 is 2.45 bits per heavy atom. The van der Waals surface area contributed by atoms with Crippen LogP contribution in [-0.4, -0.2) is 18.9 Å². The van der Waals surface area contributed by atoms with E-state index in [1.54, 1.807) is 55.6 Å². The lowest BCUT2D eigenvalue weighted by atomic mass is 10.1. The molecule has 2 aromatic rings. The second-order valence-electron chi connectivity index (χ2n) is 4.20. The van der Waals surface area contributed by atoms with Gasteiger partial charge in [-0.1, -0.05) is 18.2 Å². The van der Waals surface area contributed by atoms with Crippen molar-refractivity contribution in [2.75, 3.05) is 18.1 Å². The number of hydrogen-bond acceptors (Lipinski definition) is 3. The minimum atomic E-state index is -0.311. The number of amides is 2. The second-order valence-corrected chi connectivity index (χ2v) is 4.20. The van der Waals surface area contributed by atoms with Gasteiger partial charge >= 0.3 is 0 Å². The van der Waals surface area contributed by atoms with Crippen LogP contribution in [0.25, 0.3) is 0 Å². The zero-order valence-corrected chi connectivity index (χ0v) is 11.0. The fraction of sp³-hybridized carbons (Fsp3) is 0.0667. The zero-order chi connectivity index (χ0) is 14.5. The standard InChI is InChI=1S/C15H15N3O2/c1-17-15(20)12-7-2-3-8-13(12)18-14(19)10-5-4-6-11(16)9-10/h2-9H,16H2,1H3,(H,17,20)(H,18,19). The van der Waals surface area contributed by atoms with Crippen molar-refractivity contribution in [2.24, 2.45) is 0 Å². The summed E-state index contributed by atoms with van der Waals surface area (Å²) in [5, 5.41) is 5.25. The first kappa shape index (κ1) is 13.6. The average molecular weight is 269 g/mol. The lowest BCUT2D eigenvalue weighted by molar-refractivity contribution is 0.0964. The topological polar surface area (TPSA) is 84.2 Å². The van der Waals surface area contributed by atoms with Crippen molar-refractivity contribution in [1.82, 2.24) is 5.32 Å². The number of hydrogen-bond donors (Lipinski definition) is 3. The van der Waals surface area contributed by atoms with Gasteiger partial charge in [0, 0.05) is 18.3 Å². The highest BCUT2D eigenvalue weighted by Crippen LogP contribution is 2.16. The molecule has 0 aliphatic rings. The molecule has 0 aliphatic heterocycles. The Morgan fingerprint density at radius 2 is 1.75 bits per heavy atom. The molecule has 0 spiro atoms. The average Bonchev–Trinajstić information content (AvgIpc) is 2.47. The highest BCUT2D eigenvalue weighted by atomic mass is 16.2. The molecular formula is C15H15N3O2. The van der Waals surface area contributed by atoms with Gasteiger partial charge in [0.15, 0.2) is 0 Å². The van der Waals surface area contributed by atoms with Crippen LogP contribution >= 0.6 is 0 Å². The number of benzene rings is 2.